The molecule has 0 radical (unpaired) electrons. The number of ether oxygens (including phenoxy) is 1. The summed E-state index contributed by atoms with van der Waals surface area (Å²) in [5, 5.41) is 0.561. The predicted octanol–water partition coefficient (Wildman–Crippen LogP) is 4.70. The third kappa shape index (κ3) is 3.28. The molecule has 5 nitrogen and oxygen atoms in total. The van der Waals surface area contributed by atoms with Gasteiger partial charge in [-0.1, -0.05) is 37.3 Å². The number of amides is 1. The summed E-state index contributed by atoms with van der Waals surface area (Å²) in [6.45, 7) is 7.17. The van der Waals surface area contributed by atoms with Gasteiger partial charge in [-0.05, 0) is 61.4 Å². The Balaban J connectivity index is 1.71. The summed E-state index contributed by atoms with van der Waals surface area (Å²) in [6.07, 6.45) is 2.84. The average Bonchev–Trinajstić information content (AvgIpc) is 3.35. The molecule has 1 fully saturated rings. The van der Waals surface area contributed by atoms with Crippen molar-refractivity contribution in [2.45, 2.75) is 52.2 Å². The molecule has 0 bridgehead atoms. The van der Waals surface area contributed by atoms with Crippen LogP contribution in [0.2, 0.25) is 0 Å². The minimum Gasteiger partial charge on any atom is -0.450 e. The average molecular weight is 418 g/mol. The predicted molar refractivity (Wildman–Crippen MR) is 120 cm³/mol. The van der Waals surface area contributed by atoms with Gasteiger partial charge in [0, 0.05) is 13.2 Å². The normalized spacial score (nSPS) is 20.6. The first-order valence-electron chi connectivity index (χ1n) is 11.1. The molecule has 0 N–H and O–H groups in total. The fraction of sp³-hybridized carbons (Fsp3) is 0.385. The molecule has 31 heavy (non-hydrogen) atoms. The van der Waals surface area contributed by atoms with Crippen LogP contribution in [0.1, 0.15) is 64.2 Å². The minimum atomic E-state index is -0.459. The van der Waals surface area contributed by atoms with Gasteiger partial charge in [0.1, 0.15) is 5.58 Å². The molecule has 2 aliphatic heterocycles. The lowest BCUT2D eigenvalue weighted by Gasteiger charge is -2.27. The summed E-state index contributed by atoms with van der Waals surface area (Å²) in [7, 11) is 0. The Labute approximate surface area is 181 Å². The van der Waals surface area contributed by atoms with Crippen LogP contribution in [-0.4, -0.2) is 30.1 Å². The Bertz CT molecular complexity index is 1220. The van der Waals surface area contributed by atoms with Crippen molar-refractivity contribution in [3.05, 3.63) is 80.2 Å². The summed E-state index contributed by atoms with van der Waals surface area (Å²) in [4.78, 5) is 29.0. The van der Waals surface area contributed by atoms with E-state index in [2.05, 4.69) is 19.1 Å². The van der Waals surface area contributed by atoms with Gasteiger partial charge in [0.25, 0.3) is 5.91 Å². The van der Waals surface area contributed by atoms with E-state index in [1.807, 2.05) is 38.1 Å². The molecule has 1 amide bonds. The summed E-state index contributed by atoms with van der Waals surface area (Å²) >= 11 is 0. The van der Waals surface area contributed by atoms with Crippen LogP contribution >= 0.6 is 0 Å². The summed E-state index contributed by atoms with van der Waals surface area (Å²) in [5.74, 6) is -0.0571. The first-order chi connectivity index (χ1) is 15.0. The molecular weight excluding hydrogens is 390 g/mol. The van der Waals surface area contributed by atoms with Gasteiger partial charge in [-0.3, -0.25) is 9.59 Å². The Morgan fingerprint density at radius 3 is 2.55 bits per heavy atom. The molecule has 0 aliphatic carbocycles. The highest BCUT2D eigenvalue weighted by molar-refractivity contribution is 5.99. The van der Waals surface area contributed by atoms with E-state index < -0.39 is 6.04 Å². The highest BCUT2D eigenvalue weighted by Crippen LogP contribution is 2.39. The molecule has 5 heteroatoms. The molecule has 3 aromatic rings. The molecule has 2 aromatic carbocycles. The lowest BCUT2D eigenvalue weighted by molar-refractivity contribution is 0.0486. The number of fused-ring (bicyclic) bond motifs is 2. The number of hydrogen-bond acceptors (Lipinski definition) is 4. The molecule has 5 rings (SSSR count). The van der Waals surface area contributed by atoms with E-state index in [9.17, 15) is 9.59 Å². The maximum Gasteiger partial charge on any atom is 0.291 e. The van der Waals surface area contributed by atoms with Crippen LogP contribution in [0.5, 0.6) is 0 Å². The van der Waals surface area contributed by atoms with Gasteiger partial charge in [0.05, 0.1) is 23.1 Å². The van der Waals surface area contributed by atoms with Crippen molar-refractivity contribution in [2.75, 3.05) is 13.2 Å². The topological polar surface area (TPSA) is 59.8 Å². The third-order valence-electron chi connectivity index (χ3n) is 6.54. The fourth-order valence-electron chi connectivity index (χ4n) is 4.99. The van der Waals surface area contributed by atoms with Crippen LogP contribution in [0, 0.1) is 13.8 Å². The number of carbonyl (C=O) groups is 1. The van der Waals surface area contributed by atoms with Gasteiger partial charge in [-0.25, -0.2) is 0 Å². The monoisotopic (exact) mass is 417 g/mol. The van der Waals surface area contributed by atoms with Gasteiger partial charge in [0.15, 0.2) is 5.43 Å². The van der Waals surface area contributed by atoms with Crippen molar-refractivity contribution in [2.24, 2.45) is 0 Å². The fourth-order valence-corrected chi connectivity index (χ4v) is 4.99. The van der Waals surface area contributed by atoms with Gasteiger partial charge >= 0.3 is 0 Å². The van der Waals surface area contributed by atoms with Crippen LogP contribution in [0.15, 0.2) is 45.6 Å². The zero-order valence-corrected chi connectivity index (χ0v) is 18.2. The standard InChI is InChI=1S/C26H27NO4/c1-4-17-7-9-18(10-8-17)23-22-24(28)21-16(3)12-15(2)13-20(21)31-25(22)26(29)27(23)14-19-6-5-11-30-19/h7-10,12-13,19,23H,4-6,11,14H2,1-3H3. The molecule has 3 heterocycles. The molecule has 1 aromatic heterocycles. The molecular formula is C26H27NO4. The quantitative estimate of drug-likeness (QED) is 0.618. The summed E-state index contributed by atoms with van der Waals surface area (Å²) in [5.41, 5.74) is 4.84. The lowest BCUT2D eigenvalue weighted by atomic mass is 9.96. The van der Waals surface area contributed by atoms with Gasteiger partial charge < -0.3 is 14.1 Å². The van der Waals surface area contributed by atoms with Crippen molar-refractivity contribution in [1.82, 2.24) is 4.90 Å². The van der Waals surface area contributed by atoms with Crippen LogP contribution in [0.25, 0.3) is 11.0 Å². The number of aryl methyl sites for hydroxylation is 3. The van der Waals surface area contributed by atoms with Crippen LogP contribution in [0.3, 0.4) is 0 Å². The molecule has 160 valence electrons. The van der Waals surface area contributed by atoms with Gasteiger partial charge in [-0.2, -0.15) is 0 Å². The lowest BCUT2D eigenvalue weighted by Crippen LogP contribution is -2.36. The van der Waals surface area contributed by atoms with E-state index in [-0.39, 0.29) is 23.2 Å². The molecule has 0 spiro atoms. The number of hydrogen-bond donors (Lipinski definition) is 0. The largest absolute Gasteiger partial charge is 0.450 e. The van der Waals surface area contributed by atoms with E-state index in [4.69, 9.17) is 9.15 Å². The zero-order valence-electron chi connectivity index (χ0n) is 18.2. The Morgan fingerprint density at radius 2 is 1.87 bits per heavy atom. The van der Waals surface area contributed by atoms with Crippen LogP contribution < -0.4 is 5.43 Å². The number of carbonyl (C=O) groups excluding carboxylic acids is 1. The van der Waals surface area contributed by atoms with Crippen molar-refractivity contribution < 1.29 is 13.9 Å². The molecule has 0 saturated carbocycles. The van der Waals surface area contributed by atoms with Gasteiger partial charge in [0.2, 0.25) is 5.76 Å². The second-order valence-corrected chi connectivity index (χ2v) is 8.72. The minimum absolute atomic E-state index is 0.0100. The smallest absolute Gasteiger partial charge is 0.291 e. The number of nitrogens with zero attached hydrogens (tertiary/aromatic N) is 1. The molecule has 2 aliphatic rings. The number of benzene rings is 2. The maximum atomic E-state index is 13.7. The van der Waals surface area contributed by atoms with Crippen molar-refractivity contribution in [3.63, 3.8) is 0 Å². The summed E-state index contributed by atoms with van der Waals surface area (Å²) in [6, 6.07) is 11.6. The second kappa shape index (κ2) is 7.65. The van der Waals surface area contributed by atoms with Crippen LogP contribution in [-0.2, 0) is 11.2 Å². The Kier molecular flexibility index (Phi) is 4.94. The summed E-state index contributed by atoms with van der Waals surface area (Å²) < 4.78 is 11.9. The van der Waals surface area contributed by atoms with E-state index >= 15 is 0 Å². The maximum absolute atomic E-state index is 13.7. The Morgan fingerprint density at radius 1 is 1.10 bits per heavy atom. The van der Waals surface area contributed by atoms with Crippen molar-refractivity contribution in [3.8, 4) is 0 Å². The van der Waals surface area contributed by atoms with E-state index in [0.29, 0.717) is 23.1 Å². The molecule has 2 unspecified atom stereocenters. The SMILES string of the molecule is CCc1ccc(C2c3c(oc4cc(C)cc(C)c4c3=O)C(=O)N2CC2CCCO2)cc1. The first-order valence-corrected chi connectivity index (χ1v) is 11.1. The molecule has 1 saturated heterocycles. The Hall–Kier alpha value is -2.92. The highest BCUT2D eigenvalue weighted by Gasteiger charge is 2.44. The van der Waals surface area contributed by atoms with E-state index in [1.165, 1.54) is 5.56 Å². The van der Waals surface area contributed by atoms with Crippen LogP contribution in [0.4, 0.5) is 0 Å². The van der Waals surface area contributed by atoms with E-state index in [1.54, 1.807) is 4.90 Å². The zero-order chi connectivity index (χ0) is 21.7. The second-order valence-electron chi connectivity index (χ2n) is 8.72. The first kappa shape index (κ1) is 20.0. The number of rotatable bonds is 4. The third-order valence-corrected chi connectivity index (χ3v) is 6.54. The van der Waals surface area contributed by atoms with Crippen molar-refractivity contribution >= 4 is 16.9 Å². The highest BCUT2D eigenvalue weighted by atomic mass is 16.5. The van der Waals surface area contributed by atoms with Gasteiger partial charge in [-0.15, -0.1) is 0 Å². The van der Waals surface area contributed by atoms with Crippen molar-refractivity contribution in [1.29, 1.82) is 0 Å². The van der Waals surface area contributed by atoms with E-state index in [0.717, 1.165) is 42.6 Å². The molecule has 2 atom stereocenters.